The van der Waals surface area contributed by atoms with Gasteiger partial charge in [0.2, 0.25) is 0 Å². The molecule has 0 aliphatic rings. The van der Waals surface area contributed by atoms with Crippen molar-refractivity contribution >= 4 is 5.96 Å². The van der Waals surface area contributed by atoms with Crippen molar-refractivity contribution in [1.29, 1.82) is 0 Å². The van der Waals surface area contributed by atoms with Gasteiger partial charge in [0.05, 0.1) is 13.7 Å². The molecule has 2 aromatic heterocycles. The Balaban J connectivity index is 1.38. The van der Waals surface area contributed by atoms with Gasteiger partial charge in [-0.1, -0.05) is 17.3 Å². The second-order valence-corrected chi connectivity index (χ2v) is 6.93. The fourth-order valence-electron chi connectivity index (χ4n) is 3.11. The van der Waals surface area contributed by atoms with Gasteiger partial charge in [0.25, 0.3) is 5.89 Å². The zero-order valence-corrected chi connectivity index (χ0v) is 18.8. The minimum absolute atomic E-state index is 0.425. The first kappa shape index (κ1) is 23.1. The van der Waals surface area contributed by atoms with Crippen LogP contribution in [0.25, 0.3) is 11.6 Å². The minimum Gasteiger partial charge on any atom is -0.493 e. The summed E-state index contributed by atoms with van der Waals surface area (Å²) >= 11 is 0. The molecule has 9 heteroatoms. The van der Waals surface area contributed by atoms with Crippen LogP contribution >= 0.6 is 0 Å². The molecule has 0 bridgehead atoms. The van der Waals surface area contributed by atoms with Crippen LogP contribution < -0.4 is 20.1 Å². The lowest BCUT2D eigenvalue weighted by atomic mass is 10.1. The summed E-state index contributed by atoms with van der Waals surface area (Å²) in [7, 11) is 3.40. The number of aryl methyl sites for hydroxylation is 1. The van der Waals surface area contributed by atoms with Crippen LogP contribution in [0.1, 0.15) is 24.7 Å². The van der Waals surface area contributed by atoms with Crippen molar-refractivity contribution in [2.45, 2.75) is 26.2 Å². The number of aliphatic imine (C=N–C) groups is 1. The molecule has 2 heterocycles. The van der Waals surface area contributed by atoms with E-state index in [0.717, 1.165) is 36.8 Å². The molecule has 0 radical (unpaired) electrons. The van der Waals surface area contributed by atoms with Gasteiger partial charge in [0.1, 0.15) is 5.69 Å². The number of hydrogen-bond acceptors (Lipinski definition) is 7. The molecule has 170 valence electrons. The molecule has 0 aliphatic carbocycles. The maximum atomic E-state index is 5.65. The number of nitrogens with one attached hydrogen (secondary N) is 2. The van der Waals surface area contributed by atoms with E-state index in [9.17, 15) is 0 Å². The van der Waals surface area contributed by atoms with E-state index in [1.54, 1.807) is 20.4 Å². The largest absolute Gasteiger partial charge is 0.493 e. The number of nitrogens with zero attached hydrogens (tertiary/aromatic N) is 4. The zero-order valence-electron chi connectivity index (χ0n) is 18.8. The van der Waals surface area contributed by atoms with Crippen molar-refractivity contribution in [3.05, 3.63) is 54.0 Å². The topological polar surface area (TPSA) is 107 Å². The number of hydrogen-bond donors (Lipinski definition) is 2. The highest BCUT2D eigenvalue weighted by molar-refractivity contribution is 5.79. The number of pyridine rings is 1. The Kier molecular flexibility index (Phi) is 8.85. The van der Waals surface area contributed by atoms with Crippen LogP contribution in [0.3, 0.4) is 0 Å². The van der Waals surface area contributed by atoms with Gasteiger partial charge in [-0.2, -0.15) is 4.98 Å². The maximum Gasteiger partial charge on any atom is 0.276 e. The van der Waals surface area contributed by atoms with Gasteiger partial charge in [-0.25, -0.2) is 0 Å². The first-order chi connectivity index (χ1) is 15.7. The number of methoxy groups -OCH3 is 1. The van der Waals surface area contributed by atoms with Crippen LogP contribution in [0.5, 0.6) is 11.5 Å². The summed E-state index contributed by atoms with van der Waals surface area (Å²) in [5.41, 5.74) is 1.88. The van der Waals surface area contributed by atoms with Crippen molar-refractivity contribution in [3.8, 4) is 23.1 Å². The molecule has 0 unspecified atom stereocenters. The molecule has 1 aromatic carbocycles. The molecule has 0 saturated carbocycles. The average Bonchev–Trinajstić information content (AvgIpc) is 3.30. The van der Waals surface area contributed by atoms with Crippen LogP contribution in [0.2, 0.25) is 0 Å². The standard InChI is InChI=1S/C23H30N6O3/c1-4-31-20-16-17(10-11-19(20)30-3)8-7-14-26-23(24-2)27-15-12-21-28-22(32-29-21)18-9-5-6-13-25-18/h5-6,9-11,13,16H,4,7-8,12,14-15H2,1-3H3,(H2,24,26,27). The lowest BCUT2D eigenvalue weighted by molar-refractivity contribution is 0.310. The lowest BCUT2D eigenvalue weighted by Gasteiger charge is -2.12. The molecule has 32 heavy (non-hydrogen) atoms. The van der Waals surface area contributed by atoms with E-state index in [0.29, 0.717) is 37.0 Å². The maximum absolute atomic E-state index is 5.65. The molecule has 3 aromatic rings. The van der Waals surface area contributed by atoms with E-state index in [4.69, 9.17) is 14.0 Å². The number of benzene rings is 1. The zero-order chi connectivity index (χ0) is 22.6. The van der Waals surface area contributed by atoms with Gasteiger partial charge in [-0.15, -0.1) is 0 Å². The number of aromatic nitrogens is 3. The van der Waals surface area contributed by atoms with Crippen LogP contribution in [0, 0.1) is 0 Å². The van der Waals surface area contributed by atoms with Crippen LogP contribution in [-0.2, 0) is 12.8 Å². The van der Waals surface area contributed by atoms with Gasteiger partial charge in [-0.3, -0.25) is 9.98 Å². The highest BCUT2D eigenvalue weighted by Gasteiger charge is 2.10. The summed E-state index contributed by atoms with van der Waals surface area (Å²) in [6.07, 6.45) is 4.19. The Labute approximate surface area is 188 Å². The Bertz CT molecular complexity index is 990. The fourth-order valence-corrected chi connectivity index (χ4v) is 3.11. The van der Waals surface area contributed by atoms with Crippen molar-refractivity contribution < 1.29 is 14.0 Å². The first-order valence-electron chi connectivity index (χ1n) is 10.7. The molecule has 2 N–H and O–H groups in total. The molecule has 0 aliphatic heterocycles. The highest BCUT2D eigenvalue weighted by Crippen LogP contribution is 2.28. The van der Waals surface area contributed by atoms with Crippen LogP contribution in [-0.4, -0.2) is 54.9 Å². The lowest BCUT2D eigenvalue weighted by Crippen LogP contribution is -2.38. The molecular formula is C23H30N6O3. The number of guanidine groups is 1. The van der Waals surface area contributed by atoms with E-state index in [-0.39, 0.29) is 0 Å². The average molecular weight is 439 g/mol. The van der Waals surface area contributed by atoms with E-state index in [1.807, 2.05) is 37.3 Å². The molecule has 9 nitrogen and oxygen atoms in total. The third-order valence-electron chi connectivity index (χ3n) is 4.68. The van der Waals surface area contributed by atoms with Gasteiger partial charge in [0, 0.05) is 32.8 Å². The number of rotatable bonds is 11. The van der Waals surface area contributed by atoms with E-state index >= 15 is 0 Å². The molecular weight excluding hydrogens is 408 g/mol. The Morgan fingerprint density at radius 3 is 2.72 bits per heavy atom. The molecule has 0 spiro atoms. The second kappa shape index (κ2) is 12.3. The third kappa shape index (κ3) is 6.69. The SMILES string of the molecule is CCOc1cc(CCCNC(=NC)NCCc2noc(-c3ccccn3)n2)ccc1OC. The van der Waals surface area contributed by atoms with Gasteiger partial charge >= 0.3 is 0 Å². The summed E-state index contributed by atoms with van der Waals surface area (Å²) in [4.78, 5) is 12.9. The fraction of sp³-hybridized carbons (Fsp3) is 0.391. The minimum atomic E-state index is 0.425. The smallest absolute Gasteiger partial charge is 0.276 e. The first-order valence-corrected chi connectivity index (χ1v) is 10.7. The van der Waals surface area contributed by atoms with E-state index in [1.165, 1.54) is 5.56 Å². The van der Waals surface area contributed by atoms with Crippen LogP contribution in [0.15, 0.2) is 52.1 Å². The Morgan fingerprint density at radius 1 is 1.09 bits per heavy atom. The predicted octanol–water partition coefficient (Wildman–Crippen LogP) is 2.88. The summed E-state index contributed by atoms with van der Waals surface area (Å²) in [5.74, 6) is 3.33. The number of ether oxygens (including phenoxy) is 2. The summed E-state index contributed by atoms with van der Waals surface area (Å²) in [6.45, 7) is 4.00. The Morgan fingerprint density at radius 2 is 1.97 bits per heavy atom. The van der Waals surface area contributed by atoms with Crippen LogP contribution in [0.4, 0.5) is 0 Å². The van der Waals surface area contributed by atoms with Crippen molar-refractivity contribution in [2.75, 3.05) is 33.9 Å². The van der Waals surface area contributed by atoms with Gasteiger partial charge < -0.3 is 24.6 Å². The summed E-state index contributed by atoms with van der Waals surface area (Å²) < 4.78 is 16.3. The van der Waals surface area contributed by atoms with Gasteiger partial charge in [0.15, 0.2) is 23.3 Å². The van der Waals surface area contributed by atoms with E-state index < -0.39 is 0 Å². The quantitative estimate of drug-likeness (QED) is 0.267. The van der Waals surface area contributed by atoms with Crippen molar-refractivity contribution in [1.82, 2.24) is 25.8 Å². The molecule has 3 rings (SSSR count). The predicted molar refractivity (Wildman–Crippen MR) is 123 cm³/mol. The molecule has 0 saturated heterocycles. The Hall–Kier alpha value is -3.62. The normalized spacial score (nSPS) is 11.3. The highest BCUT2D eigenvalue weighted by atomic mass is 16.5. The summed E-state index contributed by atoms with van der Waals surface area (Å²) in [6, 6.07) is 11.6. The monoisotopic (exact) mass is 438 g/mol. The molecule has 0 fully saturated rings. The van der Waals surface area contributed by atoms with Crippen molar-refractivity contribution in [2.24, 2.45) is 4.99 Å². The molecule has 0 amide bonds. The van der Waals surface area contributed by atoms with Gasteiger partial charge in [-0.05, 0) is 49.6 Å². The van der Waals surface area contributed by atoms with E-state index in [2.05, 4.69) is 36.8 Å². The third-order valence-corrected chi connectivity index (χ3v) is 4.68. The second-order valence-electron chi connectivity index (χ2n) is 6.93. The van der Waals surface area contributed by atoms with Crippen molar-refractivity contribution in [3.63, 3.8) is 0 Å². The molecule has 0 atom stereocenters. The summed E-state index contributed by atoms with van der Waals surface area (Å²) in [5, 5.41) is 10.6.